The highest BCUT2D eigenvalue weighted by atomic mass is 16.5. The number of benzene rings is 1. The van der Waals surface area contributed by atoms with Crippen LogP contribution in [0.1, 0.15) is 31.7 Å². The lowest BCUT2D eigenvalue weighted by Gasteiger charge is -2.30. The minimum Gasteiger partial charge on any atom is -0.490 e. The Morgan fingerprint density at radius 2 is 2.17 bits per heavy atom. The van der Waals surface area contributed by atoms with Gasteiger partial charge in [-0.1, -0.05) is 19.9 Å². The molecule has 0 radical (unpaired) electrons. The molecule has 2 heterocycles. The van der Waals surface area contributed by atoms with Gasteiger partial charge in [-0.3, -0.25) is 14.2 Å². The van der Waals surface area contributed by atoms with Crippen molar-refractivity contribution < 1.29 is 9.53 Å². The van der Waals surface area contributed by atoms with Crippen LogP contribution < -0.4 is 15.2 Å². The van der Waals surface area contributed by atoms with Crippen molar-refractivity contribution in [3.05, 3.63) is 52.7 Å². The Morgan fingerprint density at radius 3 is 2.92 bits per heavy atom. The maximum Gasteiger partial charge on any atom is 0.253 e. The van der Waals surface area contributed by atoms with E-state index in [0.717, 1.165) is 11.4 Å². The van der Waals surface area contributed by atoms with Crippen molar-refractivity contribution in [1.29, 1.82) is 0 Å². The Hall–Kier alpha value is -2.63. The summed E-state index contributed by atoms with van der Waals surface area (Å²) in [6.45, 7) is 5.56. The number of aryl methyl sites for hydroxylation is 1. The molecular weight excluding hydrogens is 306 g/mol. The second-order valence-corrected chi connectivity index (χ2v) is 6.14. The second-order valence-electron chi connectivity index (χ2n) is 6.14. The number of hydrogen-bond donors (Lipinski definition) is 0. The number of carbonyl (C=O) groups is 1. The van der Waals surface area contributed by atoms with E-state index in [1.165, 1.54) is 28.7 Å². The molecule has 2 aromatic rings. The van der Waals surface area contributed by atoms with Crippen LogP contribution in [0.15, 0.2) is 41.6 Å². The lowest BCUT2D eigenvalue weighted by Crippen LogP contribution is -2.38. The van der Waals surface area contributed by atoms with Gasteiger partial charge >= 0.3 is 0 Å². The minimum atomic E-state index is -0.151. The zero-order chi connectivity index (χ0) is 17.1. The largest absolute Gasteiger partial charge is 0.490 e. The average molecular weight is 327 g/mol. The van der Waals surface area contributed by atoms with Crippen molar-refractivity contribution in [2.75, 3.05) is 18.1 Å². The van der Waals surface area contributed by atoms with Gasteiger partial charge in [0.2, 0.25) is 5.91 Å². The van der Waals surface area contributed by atoms with E-state index in [-0.39, 0.29) is 17.9 Å². The molecule has 6 heteroatoms. The third-order valence-corrected chi connectivity index (χ3v) is 4.17. The van der Waals surface area contributed by atoms with Crippen molar-refractivity contribution in [3.8, 4) is 5.75 Å². The molecule has 6 nitrogen and oxygen atoms in total. The molecule has 3 rings (SSSR count). The number of fused-ring (bicyclic) bond motifs is 1. The molecule has 1 aromatic carbocycles. The molecule has 0 aliphatic carbocycles. The fourth-order valence-corrected chi connectivity index (χ4v) is 2.75. The molecule has 0 N–H and O–H groups in total. The summed E-state index contributed by atoms with van der Waals surface area (Å²) in [6.07, 6.45) is 3.16. The first kappa shape index (κ1) is 16.2. The van der Waals surface area contributed by atoms with Gasteiger partial charge in [0.25, 0.3) is 5.56 Å². The van der Waals surface area contributed by atoms with Gasteiger partial charge in [0, 0.05) is 25.2 Å². The van der Waals surface area contributed by atoms with Gasteiger partial charge in [0.15, 0.2) is 0 Å². The van der Waals surface area contributed by atoms with E-state index < -0.39 is 0 Å². The summed E-state index contributed by atoms with van der Waals surface area (Å²) in [5.74, 6) is 1.09. The number of nitrogens with zero attached hydrogens (tertiary/aromatic N) is 3. The molecule has 0 saturated heterocycles. The lowest BCUT2D eigenvalue weighted by atomic mass is 10.0. The first-order valence-electron chi connectivity index (χ1n) is 8.14. The summed E-state index contributed by atoms with van der Waals surface area (Å²) in [5.41, 5.74) is 1.83. The van der Waals surface area contributed by atoms with Gasteiger partial charge in [-0.2, -0.15) is 0 Å². The maximum absolute atomic E-state index is 12.7. The van der Waals surface area contributed by atoms with Crippen LogP contribution in [0.3, 0.4) is 0 Å². The highest BCUT2D eigenvalue weighted by molar-refractivity contribution is 5.95. The van der Waals surface area contributed by atoms with E-state index in [1.807, 2.05) is 18.2 Å². The molecule has 1 aromatic heterocycles. The molecular formula is C18H21N3O3. The first-order chi connectivity index (χ1) is 11.6. The minimum absolute atomic E-state index is 0.0174. The van der Waals surface area contributed by atoms with E-state index in [0.29, 0.717) is 25.6 Å². The Bertz CT molecular complexity index is 798. The lowest BCUT2D eigenvalue weighted by molar-refractivity contribution is -0.119. The van der Waals surface area contributed by atoms with Gasteiger partial charge in [-0.15, -0.1) is 0 Å². The smallest absolute Gasteiger partial charge is 0.253 e. The predicted molar refractivity (Wildman–Crippen MR) is 91.5 cm³/mol. The first-order valence-corrected chi connectivity index (χ1v) is 8.14. The summed E-state index contributed by atoms with van der Waals surface area (Å²) < 4.78 is 7.11. The molecule has 0 spiro atoms. The van der Waals surface area contributed by atoms with Gasteiger partial charge in [-0.05, 0) is 23.6 Å². The molecule has 1 aliphatic rings. The zero-order valence-corrected chi connectivity index (χ0v) is 13.9. The molecule has 1 aliphatic heterocycles. The SMILES string of the molecule is CC(C)c1ccc2c(c1)N(C(=O)CCn1cnccc1=O)CCO2. The van der Waals surface area contributed by atoms with Gasteiger partial charge in [-0.25, -0.2) is 4.98 Å². The van der Waals surface area contributed by atoms with Gasteiger partial charge in [0.05, 0.1) is 18.6 Å². The van der Waals surface area contributed by atoms with E-state index in [4.69, 9.17) is 4.74 Å². The van der Waals surface area contributed by atoms with Crippen LogP contribution in [0.25, 0.3) is 0 Å². The normalized spacial score (nSPS) is 13.5. The number of carbonyl (C=O) groups excluding carboxylic acids is 1. The maximum atomic E-state index is 12.7. The molecule has 0 unspecified atom stereocenters. The molecule has 0 fully saturated rings. The third-order valence-electron chi connectivity index (χ3n) is 4.17. The van der Waals surface area contributed by atoms with Crippen molar-refractivity contribution in [1.82, 2.24) is 9.55 Å². The Labute approximate surface area is 140 Å². The molecule has 0 bridgehead atoms. The van der Waals surface area contributed by atoms with Crippen molar-refractivity contribution in [2.45, 2.75) is 32.7 Å². The Balaban J connectivity index is 1.78. The van der Waals surface area contributed by atoms with Crippen molar-refractivity contribution in [2.24, 2.45) is 0 Å². The quantitative estimate of drug-likeness (QED) is 0.863. The van der Waals surface area contributed by atoms with E-state index in [1.54, 1.807) is 4.90 Å². The van der Waals surface area contributed by atoms with Crippen molar-refractivity contribution in [3.63, 3.8) is 0 Å². The molecule has 0 atom stereocenters. The monoisotopic (exact) mass is 327 g/mol. The average Bonchev–Trinajstić information content (AvgIpc) is 2.59. The highest BCUT2D eigenvalue weighted by Gasteiger charge is 2.24. The van der Waals surface area contributed by atoms with Crippen LogP contribution in [0.5, 0.6) is 5.75 Å². The van der Waals surface area contributed by atoms with Crippen LogP contribution in [0, 0.1) is 0 Å². The Kier molecular flexibility index (Phi) is 4.64. The summed E-state index contributed by atoms with van der Waals surface area (Å²) in [4.78, 5) is 30.0. The van der Waals surface area contributed by atoms with Crippen LogP contribution in [0.4, 0.5) is 5.69 Å². The topological polar surface area (TPSA) is 64.4 Å². The van der Waals surface area contributed by atoms with Crippen LogP contribution in [-0.2, 0) is 11.3 Å². The van der Waals surface area contributed by atoms with E-state index >= 15 is 0 Å². The predicted octanol–water partition coefficient (Wildman–Crippen LogP) is 2.18. The number of ether oxygens (including phenoxy) is 1. The number of anilines is 1. The van der Waals surface area contributed by atoms with E-state index in [9.17, 15) is 9.59 Å². The fourth-order valence-electron chi connectivity index (χ4n) is 2.75. The fraction of sp³-hybridized carbons (Fsp3) is 0.389. The summed E-state index contributed by atoms with van der Waals surface area (Å²) in [6, 6.07) is 7.37. The zero-order valence-electron chi connectivity index (χ0n) is 13.9. The second kappa shape index (κ2) is 6.86. The third kappa shape index (κ3) is 3.32. The standard InChI is InChI=1S/C18H21N3O3/c1-13(2)14-3-4-16-15(11-14)21(9-10-24-16)18(23)6-8-20-12-19-7-5-17(20)22/h3-5,7,11-13H,6,8-10H2,1-2H3. The number of hydrogen-bond acceptors (Lipinski definition) is 4. The van der Waals surface area contributed by atoms with Gasteiger partial charge < -0.3 is 9.64 Å². The van der Waals surface area contributed by atoms with E-state index in [2.05, 4.69) is 18.8 Å². The molecule has 0 saturated carbocycles. The molecule has 1 amide bonds. The highest BCUT2D eigenvalue weighted by Crippen LogP contribution is 2.34. The summed E-state index contributed by atoms with van der Waals surface area (Å²) in [5, 5.41) is 0. The van der Waals surface area contributed by atoms with Crippen LogP contribution >= 0.6 is 0 Å². The van der Waals surface area contributed by atoms with Crippen LogP contribution in [0.2, 0.25) is 0 Å². The Morgan fingerprint density at radius 1 is 1.33 bits per heavy atom. The van der Waals surface area contributed by atoms with Crippen LogP contribution in [-0.4, -0.2) is 28.6 Å². The molecule has 126 valence electrons. The van der Waals surface area contributed by atoms with Crippen molar-refractivity contribution >= 4 is 11.6 Å². The summed E-state index contributed by atoms with van der Waals surface area (Å²) in [7, 11) is 0. The molecule has 24 heavy (non-hydrogen) atoms. The number of aromatic nitrogens is 2. The van der Waals surface area contributed by atoms with Gasteiger partial charge in [0.1, 0.15) is 12.4 Å². The number of amides is 1. The number of rotatable bonds is 4. The summed E-state index contributed by atoms with van der Waals surface area (Å²) >= 11 is 0.